The molecule has 11 nitrogen and oxygen atoms in total. The fourth-order valence-corrected chi connectivity index (χ4v) is 4.27. The number of ether oxygens (including phenoxy) is 5. The van der Waals surface area contributed by atoms with Gasteiger partial charge in [0, 0.05) is 0 Å². The molecular weight excluding hydrogens is 632 g/mol. The minimum atomic E-state index is -0.638. The second-order valence-corrected chi connectivity index (χ2v) is 10.9. The van der Waals surface area contributed by atoms with Crippen LogP contribution < -0.4 is 0 Å². The molecular formula is C38H30O11. The molecule has 2 aliphatic rings. The minimum Gasteiger partial charge on any atom is -0.459 e. The Labute approximate surface area is 281 Å². The maximum absolute atomic E-state index is 12.5. The SMILES string of the molecule is O=C(OCOC(=O)c1ccc(/C=C/c2ccc(C(=O)OOC3CO3)cc2)cc1)c1ccc(/C=C/c2ccc(C(=O)OCC3CO3)cc2)cc1. The lowest BCUT2D eigenvalue weighted by atomic mass is 10.1. The van der Waals surface area contributed by atoms with E-state index in [1.54, 1.807) is 84.9 Å². The highest BCUT2D eigenvalue weighted by Crippen LogP contribution is 2.16. The number of carbonyl (C=O) groups is 4. The molecule has 2 heterocycles. The number of hydrogen-bond donors (Lipinski definition) is 0. The molecule has 0 amide bonds. The maximum atomic E-state index is 12.5. The van der Waals surface area contributed by atoms with Gasteiger partial charge in [0.05, 0.1) is 28.9 Å². The quantitative estimate of drug-likeness (QED) is 0.0392. The van der Waals surface area contributed by atoms with Crippen LogP contribution >= 0.6 is 0 Å². The lowest BCUT2D eigenvalue weighted by molar-refractivity contribution is -0.269. The summed E-state index contributed by atoms with van der Waals surface area (Å²) in [4.78, 5) is 58.3. The first-order chi connectivity index (χ1) is 23.9. The molecule has 248 valence electrons. The summed E-state index contributed by atoms with van der Waals surface area (Å²) in [6.07, 6.45) is 7.00. The van der Waals surface area contributed by atoms with Gasteiger partial charge in [0.2, 0.25) is 13.1 Å². The Bertz CT molecular complexity index is 1700. The molecule has 2 aliphatic heterocycles. The van der Waals surface area contributed by atoms with Crippen molar-refractivity contribution < 1.29 is 52.6 Å². The van der Waals surface area contributed by atoms with Gasteiger partial charge in [0.15, 0.2) is 0 Å². The van der Waals surface area contributed by atoms with Crippen molar-refractivity contribution >= 4 is 48.2 Å². The Hall–Kier alpha value is -5.88. The lowest BCUT2D eigenvalue weighted by Crippen LogP contribution is -2.13. The number of hydrogen-bond acceptors (Lipinski definition) is 11. The second kappa shape index (κ2) is 15.8. The summed E-state index contributed by atoms with van der Waals surface area (Å²) in [5.74, 6) is -2.27. The van der Waals surface area contributed by atoms with Gasteiger partial charge in [-0.05, 0) is 70.8 Å². The van der Waals surface area contributed by atoms with Crippen LogP contribution in [0.25, 0.3) is 24.3 Å². The minimum absolute atomic E-state index is 0.0198. The van der Waals surface area contributed by atoms with E-state index in [-0.39, 0.29) is 18.7 Å². The van der Waals surface area contributed by atoms with Gasteiger partial charge in [-0.15, -0.1) is 4.89 Å². The van der Waals surface area contributed by atoms with Gasteiger partial charge in [0.1, 0.15) is 19.3 Å². The van der Waals surface area contributed by atoms with E-state index in [2.05, 4.69) is 0 Å². The van der Waals surface area contributed by atoms with Crippen molar-refractivity contribution in [3.05, 3.63) is 142 Å². The number of carbonyl (C=O) groups excluding carboxylic acids is 4. The van der Waals surface area contributed by atoms with Crippen molar-refractivity contribution in [1.82, 2.24) is 0 Å². The molecule has 2 atom stereocenters. The molecule has 0 spiro atoms. The summed E-state index contributed by atoms with van der Waals surface area (Å²) in [7, 11) is 0. The zero-order valence-electron chi connectivity index (χ0n) is 26.0. The summed E-state index contributed by atoms with van der Waals surface area (Å²) in [5, 5.41) is 0. The van der Waals surface area contributed by atoms with E-state index in [4.69, 9.17) is 33.5 Å². The summed E-state index contributed by atoms with van der Waals surface area (Å²) >= 11 is 0. The van der Waals surface area contributed by atoms with Crippen LogP contribution in [0.2, 0.25) is 0 Å². The van der Waals surface area contributed by atoms with Crippen molar-refractivity contribution in [2.75, 3.05) is 26.6 Å². The van der Waals surface area contributed by atoms with Crippen molar-refractivity contribution in [1.29, 1.82) is 0 Å². The number of epoxide rings is 2. The Kier molecular flexibility index (Phi) is 10.7. The number of benzene rings is 4. The van der Waals surface area contributed by atoms with Crippen LogP contribution in [-0.2, 0) is 33.5 Å². The first-order valence-electron chi connectivity index (χ1n) is 15.3. The third-order valence-corrected chi connectivity index (χ3v) is 7.24. The average Bonchev–Trinajstić information content (AvgIpc) is 4.08. The van der Waals surface area contributed by atoms with Crippen LogP contribution in [0.15, 0.2) is 97.1 Å². The second-order valence-electron chi connectivity index (χ2n) is 10.9. The molecule has 0 aliphatic carbocycles. The molecule has 0 saturated carbocycles. The maximum Gasteiger partial charge on any atom is 0.373 e. The van der Waals surface area contributed by atoms with Crippen LogP contribution in [0, 0.1) is 0 Å². The van der Waals surface area contributed by atoms with Gasteiger partial charge < -0.3 is 23.7 Å². The van der Waals surface area contributed by atoms with Crippen LogP contribution in [0.3, 0.4) is 0 Å². The predicted octanol–water partition coefficient (Wildman–Crippen LogP) is 6.00. The Morgan fingerprint density at radius 2 is 0.857 bits per heavy atom. The van der Waals surface area contributed by atoms with Gasteiger partial charge in [0.25, 0.3) is 0 Å². The fourth-order valence-electron chi connectivity index (χ4n) is 4.27. The summed E-state index contributed by atoms with van der Waals surface area (Å²) in [5.41, 5.74) is 4.82. The number of rotatable bonds is 14. The van der Waals surface area contributed by atoms with Crippen LogP contribution in [0.1, 0.15) is 63.7 Å². The zero-order chi connectivity index (χ0) is 34.0. The molecule has 49 heavy (non-hydrogen) atoms. The molecule has 4 aromatic carbocycles. The average molecular weight is 663 g/mol. The molecule has 11 heteroatoms. The third kappa shape index (κ3) is 10.1. The normalized spacial score (nSPS) is 16.2. The summed E-state index contributed by atoms with van der Waals surface area (Å²) < 4.78 is 25.3. The molecule has 6 rings (SSSR count). The molecule has 0 bridgehead atoms. The first kappa shape index (κ1) is 33.0. The molecule has 2 saturated heterocycles. The van der Waals surface area contributed by atoms with E-state index in [1.165, 1.54) is 0 Å². The van der Waals surface area contributed by atoms with E-state index in [1.807, 2.05) is 36.4 Å². The number of esters is 3. The van der Waals surface area contributed by atoms with E-state index < -0.39 is 31.0 Å². The molecule has 4 aromatic rings. The fraction of sp³-hybridized carbons (Fsp3) is 0.158. The van der Waals surface area contributed by atoms with E-state index in [9.17, 15) is 19.2 Å². The van der Waals surface area contributed by atoms with Gasteiger partial charge in [-0.3, -0.25) is 4.89 Å². The van der Waals surface area contributed by atoms with E-state index >= 15 is 0 Å². The highest BCUT2D eigenvalue weighted by molar-refractivity contribution is 5.92. The van der Waals surface area contributed by atoms with Crippen molar-refractivity contribution in [3.63, 3.8) is 0 Å². The van der Waals surface area contributed by atoms with Gasteiger partial charge in [-0.1, -0.05) is 72.8 Å². The van der Waals surface area contributed by atoms with Gasteiger partial charge >= 0.3 is 23.9 Å². The van der Waals surface area contributed by atoms with Crippen LogP contribution in [0.5, 0.6) is 0 Å². The highest BCUT2D eigenvalue weighted by Gasteiger charge is 2.27. The molecule has 0 radical (unpaired) electrons. The lowest BCUT2D eigenvalue weighted by Gasteiger charge is -2.07. The molecule has 0 aromatic heterocycles. The topological polar surface area (TPSA) is 139 Å². The zero-order valence-corrected chi connectivity index (χ0v) is 26.0. The van der Waals surface area contributed by atoms with E-state index in [0.29, 0.717) is 35.5 Å². The van der Waals surface area contributed by atoms with Crippen molar-refractivity contribution in [3.8, 4) is 0 Å². The molecule has 2 fully saturated rings. The Morgan fingerprint density at radius 3 is 1.20 bits per heavy atom. The molecule has 0 N–H and O–H groups in total. The van der Waals surface area contributed by atoms with Crippen molar-refractivity contribution in [2.45, 2.75) is 12.4 Å². The largest absolute Gasteiger partial charge is 0.459 e. The van der Waals surface area contributed by atoms with Gasteiger partial charge in [-0.2, -0.15) is 0 Å². The first-order valence-corrected chi connectivity index (χ1v) is 15.3. The van der Waals surface area contributed by atoms with Crippen LogP contribution in [0.4, 0.5) is 0 Å². The molecule has 2 unspecified atom stereocenters. The van der Waals surface area contributed by atoms with Crippen molar-refractivity contribution in [2.24, 2.45) is 0 Å². The van der Waals surface area contributed by atoms with E-state index in [0.717, 1.165) is 22.3 Å². The van der Waals surface area contributed by atoms with Crippen LogP contribution in [-0.4, -0.2) is 62.9 Å². The highest BCUT2D eigenvalue weighted by atomic mass is 17.2. The van der Waals surface area contributed by atoms with Gasteiger partial charge in [-0.25, -0.2) is 19.2 Å². The predicted molar refractivity (Wildman–Crippen MR) is 176 cm³/mol. The standard InChI is InChI=1S/C38H30O11/c39-35(45-22-33-21-43-33)29-13-5-25(6-14-29)1-2-26-7-15-30(16-8-26)36(40)46-24-47-37(41)31-17-9-27(10-18-31)3-4-28-11-19-32(20-12-28)38(42)49-48-34-23-44-34/h1-20,33-34H,21-24H2/b2-1+,4-3+. The Balaban J connectivity index is 0.910. The third-order valence-electron chi connectivity index (χ3n) is 7.24. The smallest absolute Gasteiger partial charge is 0.373 e. The monoisotopic (exact) mass is 662 g/mol. The summed E-state index contributed by atoms with van der Waals surface area (Å²) in [6.45, 7) is 0.760. The summed E-state index contributed by atoms with van der Waals surface area (Å²) in [6, 6.07) is 27.2. The Morgan fingerprint density at radius 1 is 0.510 bits per heavy atom.